The molecule has 0 aliphatic rings. The number of hydrogen-bond acceptors (Lipinski definition) is 3. The molecular weight excluding hydrogens is 249 g/mol. The lowest BCUT2D eigenvalue weighted by Crippen LogP contribution is -2.27. The van der Waals surface area contributed by atoms with Gasteiger partial charge in [-0.15, -0.1) is 0 Å². The Morgan fingerprint density at radius 1 is 1.50 bits per heavy atom. The summed E-state index contributed by atoms with van der Waals surface area (Å²) in [4.78, 5) is 11.6. The van der Waals surface area contributed by atoms with Crippen molar-refractivity contribution in [2.24, 2.45) is 7.05 Å². The van der Waals surface area contributed by atoms with Crippen LogP contribution in [0.1, 0.15) is 29.8 Å². The summed E-state index contributed by atoms with van der Waals surface area (Å²) in [5.41, 5.74) is 5.99. The number of nitrogen functional groups attached to an aromatic ring is 1. The molecule has 5 nitrogen and oxygen atoms in total. The summed E-state index contributed by atoms with van der Waals surface area (Å²) < 4.78 is 36.9. The fraction of sp³-hybridized carbons (Fsp3) is 0.600. The highest BCUT2D eigenvalue weighted by molar-refractivity contribution is 5.97. The van der Waals surface area contributed by atoms with Gasteiger partial charge >= 0.3 is 6.18 Å². The number of aromatic nitrogens is 2. The molecule has 18 heavy (non-hydrogen) atoms. The van der Waals surface area contributed by atoms with Gasteiger partial charge in [0.2, 0.25) is 0 Å². The number of alkyl halides is 3. The molecule has 0 bridgehead atoms. The number of amides is 1. The van der Waals surface area contributed by atoms with Crippen molar-refractivity contribution in [1.82, 2.24) is 15.1 Å². The van der Waals surface area contributed by atoms with E-state index < -0.39 is 18.5 Å². The molecule has 1 aromatic rings. The van der Waals surface area contributed by atoms with Crippen molar-refractivity contribution in [3.05, 3.63) is 11.9 Å². The first-order chi connectivity index (χ1) is 8.31. The lowest BCUT2D eigenvalue weighted by Gasteiger charge is -2.07. The summed E-state index contributed by atoms with van der Waals surface area (Å²) in [6.45, 7) is 0.180. The van der Waals surface area contributed by atoms with Gasteiger partial charge in [-0.05, 0) is 12.8 Å². The molecule has 1 amide bonds. The number of unbranched alkanes of at least 4 members (excludes halogenated alkanes) is 1. The van der Waals surface area contributed by atoms with E-state index in [2.05, 4.69) is 10.4 Å². The fourth-order valence-corrected chi connectivity index (χ4v) is 1.47. The van der Waals surface area contributed by atoms with Crippen molar-refractivity contribution < 1.29 is 18.0 Å². The molecule has 0 atom stereocenters. The number of nitrogens with two attached hydrogens (primary N) is 1. The molecule has 3 N–H and O–H groups in total. The van der Waals surface area contributed by atoms with Crippen molar-refractivity contribution >= 4 is 11.6 Å². The molecule has 0 aliphatic carbocycles. The van der Waals surface area contributed by atoms with Gasteiger partial charge in [0, 0.05) is 20.0 Å². The van der Waals surface area contributed by atoms with Crippen LogP contribution in [0.15, 0.2) is 6.20 Å². The minimum Gasteiger partial charge on any atom is -0.396 e. The highest BCUT2D eigenvalue weighted by Gasteiger charge is 2.25. The maximum absolute atomic E-state index is 11.9. The number of anilines is 1. The number of nitrogens with one attached hydrogen (secondary N) is 1. The monoisotopic (exact) mass is 264 g/mol. The first kappa shape index (κ1) is 14.3. The Labute approximate surface area is 102 Å². The third kappa shape index (κ3) is 4.27. The molecule has 1 heterocycles. The maximum atomic E-state index is 11.9. The number of halogens is 3. The van der Waals surface area contributed by atoms with Gasteiger partial charge < -0.3 is 11.1 Å². The molecule has 102 valence electrons. The molecule has 1 aromatic heterocycles. The Balaban J connectivity index is 2.31. The van der Waals surface area contributed by atoms with E-state index in [0.29, 0.717) is 0 Å². The normalized spacial score (nSPS) is 11.6. The predicted molar refractivity (Wildman–Crippen MR) is 59.9 cm³/mol. The lowest BCUT2D eigenvalue weighted by molar-refractivity contribution is -0.135. The Hall–Kier alpha value is -1.73. The van der Waals surface area contributed by atoms with Gasteiger partial charge in [-0.2, -0.15) is 18.3 Å². The largest absolute Gasteiger partial charge is 0.396 e. The number of rotatable bonds is 5. The van der Waals surface area contributed by atoms with E-state index >= 15 is 0 Å². The first-order valence-electron chi connectivity index (χ1n) is 5.43. The van der Waals surface area contributed by atoms with Crippen molar-refractivity contribution in [3.63, 3.8) is 0 Å². The zero-order chi connectivity index (χ0) is 13.8. The minimum absolute atomic E-state index is 0.00928. The Kier molecular flexibility index (Phi) is 4.57. The minimum atomic E-state index is -4.14. The van der Waals surface area contributed by atoms with Crippen LogP contribution in [-0.4, -0.2) is 28.4 Å². The van der Waals surface area contributed by atoms with Gasteiger partial charge in [0.05, 0.1) is 11.9 Å². The molecule has 0 aromatic carbocycles. The number of nitrogens with zero attached hydrogens (tertiary/aromatic N) is 2. The Morgan fingerprint density at radius 3 is 2.67 bits per heavy atom. The molecule has 1 rings (SSSR count). The molecule has 0 fully saturated rings. The van der Waals surface area contributed by atoms with Gasteiger partial charge in [0.25, 0.3) is 5.91 Å². The van der Waals surface area contributed by atoms with Crippen LogP contribution >= 0.6 is 0 Å². The van der Waals surface area contributed by atoms with E-state index in [9.17, 15) is 18.0 Å². The summed E-state index contributed by atoms with van der Waals surface area (Å²) in [7, 11) is 1.56. The molecule has 0 unspecified atom stereocenters. The quantitative estimate of drug-likeness (QED) is 0.791. The van der Waals surface area contributed by atoms with E-state index in [4.69, 9.17) is 5.73 Å². The van der Waals surface area contributed by atoms with Crippen molar-refractivity contribution in [2.45, 2.75) is 25.4 Å². The first-order valence-corrected chi connectivity index (χ1v) is 5.43. The smallest absolute Gasteiger partial charge is 0.389 e. The second-order valence-corrected chi connectivity index (χ2v) is 3.90. The summed E-state index contributed by atoms with van der Waals surface area (Å²) >= 11 is 0. The third-order valence-electron chi connectivity index (χ3n) is 2.35. The number of carbonyl (C=O) groups excluding carboxylic acids is 1. The van der Waals surface area contributed by atoms with Crippen LogP contribution in [0.25, 0.3) is 0 Å². The third-order valence-corrected chi connectivity index (χ3v) is 2.35. The standard InChI is InChI=1S/C10H15F3N4O/c1-17-8(7(14)6-16-17)9(18)15-5-3-2-4-10(11,12)13/h6H,2-5,14H2,1H3,(H,15,18). The molecule has 0 aliphatic heterocycles. The number of aryl methyl sites for hydroxylation is 1. The second-order valence-electron chi connectivity index (χ2n) is 3.90. The van der Waals surface area contributed by atoms with Crippen LogP contribution in [0.2, 0.25) is 0 Å². The molecule has 0 saturated carbocycles. The summed E-state index contributed by atoms with van der Waals surface area (Å²) in [5.74, 6) is -0.431. The molecular formula is C10H15F3N4O. The van der Waals surface area contributed by atoms with Crippen molar-refractivity contribution in [1.29, 1.82) is 0 Å². The SMILES string of the molecule is Cn1ncc(N)c1C(=O)NCCCCC(F)(F)F. The lowest BCUT2D eigenvalue weighted by atomic mass is 10.2. The fourth-order valence-electron chi connectivity index (χ4n) is 1.47. The number of hydrogen-bond donors (Lipinski definition) is 2. The van der Waals surface area contributed by atoms with Crippen LogP contribution in [0.4, 0.5) is 18.9 Å². The van der Waals surface area contributed by atoms with Gasteiger partial charge in [0.1, 0.15) is 5.69 Å². The highest BCUT2D eigenvalue weighted by Crippen LogP contribution is 2.21. The summed E-state index contributed by atoms with van der Waals surface area (Å²) in [6.07, 6.45) is -3.38. The van der Waals surface area contributed by atoms with Gasteiger partial charge in [-0.1, -0.05) is 0 Å². The molecule has 0 radical (unpaired) electrons. The van der Waals surface area contributed by atoms with Gasteiger partial charge in [0.15, 0.2) is 0 Å². The van der Waals surface area contributed by atoms with Gasteiger partial charge in [-0.25, -0.2) is 0 Å². The maximum Gasteiger partial charge on any atom is 0.389 e. The molecule has 8 heteroatoms. The predicted octanol–water partition coefficient (Wildman–Crippen LogP) is 1.46. The molecule has 0 saturated heterocycles. The average molecular weight is 264 g/mol. The van der Waals surface area contributed by atoms with E-state index in [1.165, 1.54) is 10.9 Å². The van der Waals surface area contributed by atoms with Crippen molar-refractivity contribution in [2.75, 3.05) is 12.3 Å². The van der Waals surface area contributed by atoms with Crippen LogP contribution < -0.4 is 11.1 Å². The Bertz CT molecular complexity index is 394. The zero-order valence-corrected chi connectivity index (χ0v) is 9.92. The van der Waals surface area contributed by atoms with Crippen LogP contribution in [0, 0.1) is 0 Å². The summed E-state index contributed by atoms with van der Waals surface area (Å²) in [6, 6.07) is 0. The average Bonchev–Trinajstić information content (AvgIpc) is 2.56. The highest BCUT2D eigenvalue weighted by atomic mass is 19.4. The van der Waals surface area contributed by atoms with E-state index in [-0.39, 0.29) is 30.8 Å². The second kappa shape index (κ2) is 5.74. The van der Waals surface area contributed by atoms with Crippen LogP contribution in [0.5, 0.6) is 0 Å². The van der Waals surface area contributed by atoms with Crippen LogP contribution in [-0.2, 0) is 7.05 Å². The Morgan fingerprint density at radius 2 is 2.17 bits per heavy atom. The van der Waals surface area contributed by atoms with E-state index in [1.54, 1.807) is 7.05 Å². The molecule has 0 spiro atoms. The van der Waals surface area contributed by atoms with E-state index in [0.717, 1.165) is 0 Å². The van der Waals surface area contributed by atoms with E-state index in [1.807, 2.05) is 0 Å². The topological polar surface area (TPSA) is 72.9 Å². The number of carbonyl (C=O) groups is 1. The van der Waals surface area contributed by atoms with Crippen LogP contribution in [0.3, 0.4) is 0 Å². The van der Waals surface area contributed by atoms with Crippen molar-refractivity contribution in [3.8, 4) is 0 Å². The summed E-state index contributed by atoms with van der Waals surface area (Å²) in [5, 5.41) is 6.30. The zero-order valence-electron chi connectivity index (χ0n) is 9.92. The van der Waals surface area contributed by atoms with Gasteiger partial charge in [-0.3, -0.25) is 9.48 Å².